The van der Waals surface area contributed by atoms with Crippen molar-refractivity contribution in [3.05, 3.63) is 78.4 Å². The molecule has 6 rings (SSSR count). The summed E-state index contributed by atoms with van der Waals surface area (Å²) in [6, 6.07) is 14.6. The van der Waals surface area contributed by atoms with Crippen molar-refractivity contribution in [1.82, 2.24) is 0 Å². The zero-order chi connectivity index (χ0) is 47.1. The number of carbonyl (C=O) groups excluding carboxylic acids is 3. The molecule has 10 atom stereocenters. The largest absolute Gasteiger partial charge is 1.00 e. The number of aliphatic carboxylic acids is 2. The van der Waals surface area contributed by atoms with Gasteiger partial charge in [-0.2, -0.15) is 0 Å². The van der Waals surface area contributed by atoms with Gasteiger partial charge in [-0.25, -0.2) is 9.21 Å². The van der Waals surface area contributed by atoms with Gasteiger partial charge in [0.1, 0.15) is 97.2 Å². The fourth-order valence-electron chi connectivity index (χ4n) is 6.48. The fraction of sp³-hybridized carbons (Fsp3) is 0.333. The average molecular weight is 949 g/mol. The SMILES string of the molecule is O=C(O)CC(=O)OC[C@H]1O[C@@H](Oc2cc(O)cc3[o+]c(-c4ccc(O)cc4)c(O[C@@H]4O[C@H](COC(=O)/C=C/c5ccc(O)cc5)[C@@H](O)[C@H](O)[C@H]4O)cc23)[C@H](O)[C@@H](O)[C@@H]1OC(=O)CC(=O)O.[Cl-]. The van der Waals surface area contributed by atoms with Crippen LogP contribution in [0.1, 0.15) is 18.4 Å². The van der Waals surface area contributed by atoms with E-state index in [4.69, 9.17) is 47.8 Å². The van der Waals surface area contributed by atoms with E-state index in [0.717, 1.165) is 18.2 Å². The highest BCUT2D eigenvalue weighted by atomic mass is 35.5. The number of aliphatic hydroxyl groups excluding tert-OH is 5. The van der Waals surface area contributed by atoms with Crippen molar-refractivity contribution in [2.45, 2.75) is 74.3 Å². The summed E-state index contributed by atoms with van der Waals surface area (Å²) in [5, 5.41) is 103. The number of carbonyl (C=O) groups is 5. The number of ether oxygens (including phenoxy) is 7. The van der Waals surface area contributed by atoms with Crippen LogP contribution in [0.3, 0.4) is 0 Å². The number of benzene rings is 3. The number of fused-ring (bicyclic) bond motifs is 1. The van der Waals surface area contributed by atoms with Crippen molar-refractivity contribution in [3.8, 4) is 40.1 Å². The summed E-state index contributed by atoms with van der Waals surface area (Å²) >= 11 is 0. The number of aromatic hydroxyl groups is 3. The monoisotopic (exact) mass is 948 g/mol. The van der Waals surface area contributed by atoms with Crippen LogP contribution in [0.5, 0.6) is 28.7 Å². The molecule has 3 heterocycles. The summed E-state index contributed by atoms with van der Waals surface area (Å²) in [4.78, 5) is 59.0. The van der Waals surface area contributed by atoms with Gasteiger partial charge in [0, 0.05) is 18.2 Å². The van der Waals surface area contributed by atoms with Gasteiger partial charge in [0.15, 0.2) is 6.10 Å². The first kappa shape index (κ1) is 50.2. The third kappa shape index (κ3) is 12.5. The lowest BCUT2D eigenvalue weighted by atomic mass is 9.98. The Morgan fingerprint density at radius 3 is 1.82 bits per heavy atom. The van der Waals surface area contributed by atoms with E-state index in [1.165, 1.54) is 60.7 Å². The van der Waals surface area contributed by atoms with Gasteiger partial charge in [-0.3, -0.25) is 19.2 Å². The van der Waals surface area contributed by atoms with Crippen molar-refractivity contribution in [1.29, 1.82) is 0 Å². The van der Waals surface area contributed by atoms with E-state index in [1.54, 1.807) is 0 Å². The molecule has 0 aliphatic carbocycles. The minimum Gasteiger partial charge on any atom is -1.00 e. The number of phenols is 3. The molecule has 3 aromatic carbocycles. The maximum absolute atomic E-state index is 12.5. The van der Waals surface area contributed by atoms with Gasteiger partial charge >= 0.3 is 41.2 Å². The average Bonchev–Trinajstić information content (AvgIpc) is 3.25. The van der Waals surface area contributed by atoms with Crippen LogP contribution in [-0.4, -0.2) is 156 Å². The Hall–Kier alpha value is -6.83. The van der Waals surface area contributed by atoms with Crippen molar-refractivity contribution in [3.63, 3.8) is 0 Å². The van der Waals surface area contributed by atoms with Crippen LogP contribution in [0.4, 0.5) is 0 Å². The minimum absolute atomic E-state index is 0. The molecule has 23 nitrogen and oxygen atoms in total. The van der Waals surface area contributed by atoms with E-state index in [-0.39, 0.29) is 57.7 Å². The van der Waals surface area contributed by atoms with Gasteiger partial charge in [-0.15, -0.1) is 0 Å². The Morgan fingerprint density at radius 2 is 1.18 bits per heavy atom. The number of esters is 3. The van der Waals surface area contributed by atoms with E-state index < -0.39 is 123 Å². The number of halogens is 1. The molecular weight excluding hydrogens is 908 g/mol. The zero-order valence-corrected chi connectivity index (χ0v) is 34.5. The Kier molecular flexibility index (Phi) is 16.7. The molecule has 1 aromatic heterocycles. The normalized spacial score (nSPS) is 25.0. The van der Waals surface area contributed by atoms with E-state index in [9.17, 15) is 64.8 Å². The predicted octanol–water partition coefficient (Wildman–Crippen LogP) is -2.83. The highest BCUT2D eigenvalue weighted by molar-refractivity contribution is 5.91. The van der Waals surface area contributed by atoms with Crippen molar-refractivity contribution >= 4 is 46.9 Å². The summed E-state index contributed by atoms with van der Waals surface area (Å²) < 4.78 is 44.8. The lowest BCUT2D eigenvalue weighted by Gasteiger charge is -2.41. The Morgan fingerprint density at radius 1 is 0.621 bits per heavy atom. The topological polar surface area (TPSA) is 364 Å². The molecule has 66 heavy (non-hydrogen) atoms. The number of carboxylic acid groups (broad SMARTS) is 2. The third-order valence-corrected chi connectivity index (χ3v) is 9.69. The number of phenolic OH excluding ortho intramolecular Hbond substituents is 3. The standard InChI is InChI=1S/C42H40O23.ClH/c43-20-6-1-18(2-7-20)3-10-31(50)58-16-27-34(53)35(54)37(56)41(63-27)62-26-13-23-24(60-39(26)19-4-8-21(44)9-5-19)11-22(45)12-25(23)61-42-38(57)36(55)40(65-33(52)15-30(48)49)28(64-42)17-59-32(51)14-29(46)47;/h1-13,27-28,34-38,40-42,53-57H,14-17H2,(H4-,43,44,45,46,47,48,49,50);1H/t27-,28-,34-,35+,36-,37-,38-,40-,41-,42-;/m1./s1. The molecule has 10 N–H and O–H groups in total. The van der Waals surface area contributed by atoms with E-state index in [2.05, 4.69) is 0 Å². The van der Waals surface area contributed by atoms with Gasteiger partial charge in [0.05, 0.1) is 11.6 Å². The zero-order valence-electron chi connectivity index (χ0n) is 33.8. The second kappa shape index (κ2) is 21.9. The Labute approximate surface area is 377 Å². The first-order valence-corrected chi connectivity index (χ1v) is 19.3. The van der Waals surface area contributed by atoms with Crippen LogP contribution in [0.2, 0.25) is 0 Å². The number of rotatable bonds is 16. The second-order valence-corrected chi connectivity index (χ2v) is 14.5. The van der Waals surface area contributed by atoms with E-state index >= 15 is 0 Å². The summed E-state index contributed by atoms with van der Waals surface area (Å²) in [5.74, 6) is -8.20. The molecule has 0 amide bonds. The van der Waals surface area contributed by atoms with Gasteiger partial charge in [-0.05, 0) is 48.0 Å². The van der Waals surface area contributed by atoms with Gasteiger partial charge in [-0.1, -0.05) is 12.1 Å². The first-order chi connectivity index (χ1) is 30.9. The van der Waals surface area contributed by atoms with E-state index in [0.29, 0.717) is 5.56 Å². The molecule has 0 saturated carbocycles. The van der Waals surface area contributed by atoms with Crippen LogP contribution in [0.15, 0.2) is 77.2 Å². The van der Waals surface area contributed by atoms with Crippen LogP contribution in [-0.2, 0) is 47.7 Å². The number of aliphatic hydroxyl groups is 5. The molecular formula is C42H41ClO23. The molecule has 2 fully saturated rings. The highest BCUT2D eigenvalue weighted by Gasteiger charge is 2.50. The van der Waals surface area contributed by atoms with Gasteiger partial charge < -0.3 is 96.6 Å². The summed E-state index contributed by atoms with van der Waals surface area (Å²) in [6.45, 7) is -1.56. The van der Waals surface area contributed by atoms with Gasteiger partial charge in [0.2, 0.25) is 18.3 Å². The van der Waals surface area contributed by atoms with Crippen molar-refractivity contribution < 1.29 is 125 Å². The van der Waals surface area contributed by atoms with Crippen molar-refractivity contribution in [2.75, 3.05) is 13.2 Å². The smallest absolute Gasteiger partial charge is 0.402 e. The van der Waals surface area contributed by atoms with Gasteiger partial charge in [0.25, 0.3) is 0 Å². The second-order valence-electron chi connectivity index (χ2n) is 14.5. The molecule has 354 valence electrons. The van der Waals surface area contributed by atoms with Crippen LogP contribution >= 0.6 is 0 Å². The number of carboxylic acids is 2. The lowest BCUT2D eigenvalue weighted by Crippen LogP contribution is -3.00. The number of hydrogen-bond acceptors (Lipinski definition) is 20. The molecule has 24 heteroatoms. The predicted molar refractivity (Wildman–Crippen MR) is 211 cm³/mol. The maximum atomic E-state index is 12.5. The molecule has 2 aliphatic heterocycles. The minimum atomic E-state index is -2.13. The van der Waals surface area contributed by atoms with Crippen molar-refractivity contribution in [2.24, 2.45) is 0 Å². The van der Waals surface area contributed by atoms with E-state index in [1.807, 2.05) is 0 Å². The molecule has 4 aromatic rings. The summed E-state index contributed by atoms with van der Waals surface area (Å²) in [6.07, 6.45) is -18.7. The third-order valence-electron chi connectivity index (χ3n) is 9.69. The number of hydrogen-bond donors (Lipinski definition) is 10. The summed E-state index contributed by atoms with van der Waals surface area (Å²) in [5.41, 5.74) is 0.605. The maximum Gasteiger partial charge on any atom is 0.402 e. The molecule has 0 spiro atoms. The quantitative estimate of drug-likeness (QED) is 0.0178. The highest BCUT2D eigenvalue weighted by Crippen LogP contribution is 2.42. The molecule has 2 saturated heterocycles. The first-order valence-electron chi connectivity index (χ1n) is 19.3. The molecule has 0 bridgehead atoms. The van der Waals surface area contributed by atoms with Crippen LogP contribution in [0.25, 0.3) is 28.4 Å². The molecule has 0 radical (unpaired) electrons. The summed E-state index contributed by atoms with van der Waals surface area (Å²) in [7, 11) is 0. The Bertz CT molecular complexity index is 2410. The Balaban J connectivity index is 0.00000817. The lowest BCUT2D eigenvalue weighted by molar-refractivity contribution is -0.282. The molecule has 0 unspecified atom stereocenters. The van der Waals surface area contributed by atoms with Crippen LogP contribution in [0, 0.1) is 0 Å². The van der Waals surface area contributed by atoms with Crippen LogP contribution < -0.4 is 21.9 Å². The fourth-order valence-corrected chi connectivity index (χ4v) is 6.48. The molecule has 2 aliphatic rings.